The summed E-state index contributed by atoms with van der Waals surface area (Å²) in [6, 6.07) is 6.54. The van der Waals surface area contributed by atoms with Gasteiger partial charge in [0.25, 0.3) is 0 Å². The van der Waals surface area contributed by atoms with Gasteiger partial charge in [0.1, 0.15) is 53.2 Å². The van der Waals surface area contributed by atoms with Crippen molar-refractivity contribution in [1.29, 1.82) is 0 Å². The number of rotatable bonds is 5. The van der Waals surface area contributed by atoms with Gasteiger partial charge in [0, 0.05) is 17.7 Å². The fourth-order valence-electron chi connectivity index (χ4n) is 4.06. The summed E-state index contributed by atoms with van der Waals surface area (Å²) in [4.78, 5) is 13.0. The van der Waals surface area contributed by atoms with E-state index in [9.17, 15) is 35.4 Å². The summed E-state index contributed by atoms with van der Waals surface area (Å²) in [5, 5.41) is 60.8. The Morgan fingerprint density at radius 3 is 2.26 bits per heavy atom. The first kappa shape index (κ1) is 23.8. The van der Waals surface area contributed by atoms with E-state index in [1.807, 2.05) is 0 Å². The Morgan fingerprint density at radius 2 is 1.62 bits per heavy atom. The van der Waals surface area contributed by atoms with Crippen molar-refractivity contribution >= 4 is 11.0 Å². The van der Waals surface area contributed by atoms with E-state index in [2.05, 4.69) is 0 Å². The molecule has 0 bridgehead atoms. The lowest BCUT2D eigenvalue weighted by atomic mass is 9.89. The van der Waals surface area contributed by atoms with Crippen LogP contribution in [0.5, 0.6) is 23.0 Å². The molecule has 2 aromatic carbocycles. The van der Waals surface area contributed by atoms with Gasteiger partial charge in [0.05, 0.1) is 26.4 Å². The normalized spacial score (nSPS) is 24.8. The molecule has 11 nitrogen and oxygen atoms in total. The minimum Gasteiger partial charge on any atom is -0.507 e. The molecule has 1 saturated heterocycles. The second kappa shape index (κ2) is 9.12. The Labute approximate surface area is 192 Å². The number of aliphatic hydroxyl groups excluding tert-OH is 4. The van der Waals surface area contributed by atoms with Crippen LogP contribution >= 0.6 is 0 Å². The van der Waals surface area contributed by atoms with Gasteiger partial charge >= 0.3 is 0 Å². The Bertz CT molecular complexity index is 1270. The fourth-order valence-corrected chi connectivity index (χ4v) is 4.06. The van der Waals surface area contributed by atoms with Crippen LogP contribution in [0.15, 0.2) is 39.5 Å². The molecule has 0 saturated carbocycles. The molecule has 0 spiro atoms. The zero-order chi connectivity index (χ0) is 24.7. The van der Waals surface area contributed by atoms with Gasteiger partial charge in [-0.25, -0.2) is 0 Å². The molecule has 34 heavy (non-hydrogen) atoms. The Kier molecular flexibility index (Phi) is 6.39. The molecule has 11 heteroatoms. The van der Waals surface area contributed by atoms with Crippen LogP contribution in [0.2, 0.25) is 0 Å². The molecule has 1 fully saturated rings. The third-order valence-corrected chi connectivity index (χ3v) is 5.84. The van der Waals surface area contributed by atoms with Crippen LogP contribution in [0.3, 0.4) is 0 Å². The molecular weight excluding hydrogens is 452 g/mol. The van der Waals surface area contributed by atoms with Crippen molar-refractivity contribution in [3.8, 4) is 34.3 Å². The van der Waals surface area contributed by atoms with E-state index in [1.165, 1.54) is 32.4 Å². The number of methoxy groups -OCH3 is 2. The molecule has 1 aliphatic rings. The Hall–Kier alpha value is -3.35. The number of fused-ring (bicyclic) bond motifs is 1. The fraction of sp³-hybridized carbons (Fsp3) is 0.348. The second-order valence-corrected chi connectivity index (χ2v) is 7.83. The highest BCUT2D eigenvalue weighted by Gasteiger charge is 2.46. The predicted octanol–water partition coefficient (Wildman–Crippen LogP) is 0.403. The van der Waals surface area contributed by atoms with E-state index in [-0.39, 0.29) is 39.5 Å². The minimum atomic E-state index is -1.69. The van der Waals surface area contributed by atoms with Gasteiger partial charge in [0.2, 0.25) is 0 Å². The smallest absolute Gasteiger partial charge is 0.197 e. The summed E-state index contributed by atoms with van der Waals surface area (Å²) in [6.07, 6.45) is -7.62. The average molecular weight is 476 g/mol. The third kappa shape index (κ3) is 3.83. The van der Waals surface area contributed by atoms with Crippen molar-refractivity contribution in [2.75, 3.05) is 20.8 Å². The largest absolute Gasteiger partial charge is 0.507 e. The number of hydrogen-bond acceptors (Lipinski definition) is 11. The topological polar surface area (TPSA) is 179 Å². The number of hydrogen-bond donors (Lipinski definition) is 6. The first-order valence-electron chi connectivity index (χ1n) is 10.3. The van der Waals surface area contributed by atoms with Crippen molar-refractivity contribution in [2.24, 2.45) is 0 Å². The van der Waals surface area contributed by atoms with Crippen LogP contribution in [0.4, 0.5) is 0 Å². The van der Waals surface area contributed by atoms with Gasteiger partial charge < -0.3 is 49.3 Å². The number of aromatic hydroxyl groups is 2. The van der Waals surface area contributed by atoms with E-state index in [1.54, 1.807) is 0 Å². The molecule has 1 aliphatic heterocycles. The van der Waals surface area contributed by atoms with Crippen molar-refractivity contribution in [3.05, 3.63) is 46.1 Å². The van der Waals surface area contributed by atoms with Crippen LogP contribution in [0.25, 0.3) is 22.3 Å². The maximum atomic E-state index is 13.0. The van der Waals surface area contributed by atoms with Gasteiger partial charge in [-0.2, -0.15) is 0 Å². The molecule has 4 rings (SSSR count). The minimum absolute atomic E-state index is 0.0168. The standard InChI is InChI=1S/C23H24O11/c1-31-14-5-9(3-4-10(14)25)13-6-11(26)17-12(27)7-15(32-2)18(22(17)33-13)23-21(30)20(29)19(28)16(8-24)34-23/h3-7,16,19-21,23-25,27-30H,8H2,1-2H3/t16-,19-,20+,21+,23+/m1/s1. The first-order chi connectivity index (χ1) is 16.2. The average Bonchev–Trinajstić information content (AvgIpc) is 2.83. The summed E-state index contributed by atoms with van der Waals surface area (Å²) in [6.45, 7) is -0.664. The number of aliphatic hydroxyl groups is 4. The zero-order valence-corrected chi connectivity index (χ0v) is 18.2. The van der Waals surface area contributed by atoms with Crippen LogP contribution in [-0.4, -0.2) is 75.9 Å². The van der Waals surface area contributed by atoms with Crippen LogP contribution in [-0.2, 0) is 4.74 Å². The van der Waals surface area contributed by atoms with Crippen molar-refractivity contribution in [1.82, 2.24) is 0 Å². The highest BCUT2D eigenvalue weighted by Crippen LogP contribution is 2.44. The van der Waals surface area contributed by atoms with Crippen LogP contribution in [0, 0.1) is 0 Å². The molecular formula is C23H24O11. The maximum absolute atomic E-state index is 13.0. The molecule has 0 radical (unpaired) electrons. The van der Waals surface area contributed by atoms with Crippen LogP contribution in [0.1, 0.15) is 11.7 Å². The lowest BCUT2D eigenvalue weighted by Gasteiger charge is -2.40. The Balaban J connectivity index is 1.99. The molecule has 5 atom stereocenters. The number of phenols is 2. The molecule has 182 valence electrons. The van der Waals surface area contributed by atoms with E-state index in [0.29, 0.717) is 5.56 Å². The summed E-state index contributed by atoms with van der Waals surface area (Å²) in [5.41, 5.74) is -0.488. The monoisotopic (exact) mass is 476 g/mol. The molecule has 0 amide bonds. The molecule has 3 aromatic rings. The Morgan fingerprint density at radius 1 is 0.912 bits per heavy atom. The summed E-state index contributed by atoms with van der Waals surface area (Å²) >= 11 is 0. The summed E-state index contributed by atoms with van der Waals surface area (Å²) in [5.74, 6) is -0.449. The van der Waals surface area contributed by atoms with Gasteiger partial charge in [-0.3, -0.25) is 4.79 Å². The third-order valence-electron chi connectivity index (χ3n) is 5.84. The molecule has 2 heterocycles. The number of benzene rings is 2. The highest BCUT2D eigenvalue weighted by molar-refractivity contribution is 5.89. The van der Waals surface area contributed by atoms with E-state index in [4.69, 9.17) is 18.6 Å². The van der Waals surface area contributed by atoms with Crippen molar-refractivity contribution in [2.45, 2.75) is 30.5 Å². The quantitative estimate of drug-likeness (QED) is 0.300. The molecule has 6 N–H and O–H groups in total. The first-order valence-corrected chi connectivity index (χ1v) is 10.3. The number of ether oxygens (including phenoxy) is 3. The zero-order valence-electron chi connectivity index (χ0n) is 18.2. The van der Waals surface area contributed by atoms with Gasteiger partial charge in [0.15, 0.2) is 22.5 Å². The van der Waals surface area contributed by atoms with Crippen molar-refractivity contribution in [3.63, 3.8) is 0 Å². The molecule has 0 aliphatic carbocycles. The van der Waals surface area contributed by atoms with Crippen molar-refractivity contribution < 1.29 is 49.3 Å². The molecule has 1 aromatic heterocycles. The lowest BCUT2D eigenvalue weighted by Crippen LogP contribution is -2.55. The highest BCUT2D eigenvalue weighted by atomic mass is 16.5. The summed E-state index contributed by atoms with van der Waals surface area (Å²) < 4.78 is 22.1. The molecule has 0 unspecified atom stereocenters. The van der Waals surface area contributed by atoms with E-state index >= 15 is 0 Å². The predicted molar refractivity (Wildman–Crippen MR) is 117 cm³/mol. The van der Waals surface area contributed by atoms with Gasteiger partial charge in [-0.05, 0) is 18.2 Å². The SMILES string of the molecule is COc1cc(-c2cc(=O)c3c(O)cc(OC)c([C@@H]4O[C@H](CO)[C@@H](O)[C@H](O)[C@@H]4O)c3o2)ccc1O. The van der Waals surface area contributed by atoms with E-state index in [0.717, 1.165) is 12.1 Å². The number of phenolic OH excluding ortho intramolecular Hbond substituents is 2. The van der Waals surface area contributed by atoms with Crippen LogP contribution < -0.4 is 14.9 Å². The van der Waals surface area contributed by atoms with Gasteiger partial charge in [-0.15, -0.1) is 0 Å². The maximum Gasteiger partial charge on any atom is 0.197 e. The second-order valence-electron chi connectivity index (χ2n) is 7.83. The summed E-state index contributed by atoms with van der Waals surface area (Å²) in [7, 11) is 2.64. The van der Waals surface area contributed by atoms with E-state index < -0.39 is 48.3 Å². The lowest BCUT2D eigenvalue weighted by molar-refractivity contribution is -0.231. The van der Waals surface area contributed by atoms with Gasteiger partial charge in [-0.1, -0.05) is 0 Å².